The summed E-state index contributed by atoms with van der Waals surface area (Å²) in [5.41, 5.74) is 6.33. The number of ether oxygens (including phenoxy) is 1. The van der Waals surface area contributed by atoms with Crippen molar-refractivity contribution >= 4 is 5.91 Å². The highest BCUT2D eigenvalue weighted by atomic mass is 16.5. The number of primary amides is 1. The predicted molar refractivity (Wildman–Crippen MR) is 60.0 cm³/mol. The van der Waals surface area contributed by atoms with Crippen molar-refractivity contribution < 1.29 is 9.53 Å². The molecule has 0 spiro atoms. The fourth-order valence-corrected chi connectivity index (χ4v) is 1.52. The van der Waals surface area contributed by atoms with Gasteiger partial charge in [-0.1, -0.05) is 13.0 Å². The average molecular weight is 209 g/mol. The maximum atomic E-state index is 10.5. The first-order valence-corrected chi connectivity index (χ1v) is 5.39. The third-order valence-corrected chi connectivity index (χ3v) is 2.71. The van der Waals surface area contributed by atoms with Crippen LogP contribution in [0.25, 0.3) is 0 Å². The van der Waals surface area contributed by atoms with Crippen LogP contribution in [0, 0.1) is 5.92 Å². The summed E-state index contributed by atoms with van der Waals surface area (Å²) in [5.74, 6) is 1.25. The zero-order chi connectivity index (χ0) is 11.3. The molecule has 0 aromatic rings. The second-order valence-corrected chi connectivity index (χ2v) is 4.00. The summed E-state index contributed by atoms with van der Waals surface area (Å²) in [6, 6.07) is 0. The number of hydrogen-bond acceptors (Lipinski definition) is 2. The second-order valence-electron chi connectivity index (χ2n) is 4.00. The highest BCUT2D eigenvalue weighted by Gasteiger charge is 2.12. The van der Waals surface area contributed by atoms with E-state index in [1.54, 1.807) is 0 Å². The number of hydrogen-bond donors (Lipinski definition) is 1. The molecule has 1 aliphatic carbocycles. The van der Waals surface area contributed by atoms with Crippen molar-refractivity contribution in [3.8, 4) is 0 Å². The molecule has 0 aliphatic heterocycles. The molecule has 0 radical (unpaired) electrons. The molecule has 0 fully saturated rings. The lowest BCUT2D eigenvalue weighted by Gasteiger charge is -2.19. The molecule has 0 aromatic heterocycles. The summed E-state index contributed by atoms with van der Waals surface area (Å²) in [4.78, 5) is 10.5. The fraction of sp³-hybridized carbons (Fsp3) is 0.583. The maximum Gasteiger partial charge on any atom is 0.217 e. The molecule has 1 rings (SSSR count). The smallest absolute Gasteiger partial charge is 0.217 e. The molecule has 0 unspecified atom stereocenters. The number of nitrogens with two attached hydrogens (primary N) is 1. The van der Waals surface area contributed by atoms with Crippen molar-refractivity contribution in [2.45, 2.75) is 33.1 Å². The summed E-state index contributed by atoms with van der Waals surface area (Å²) in [5, 5.41) is 0. The highest BCUT2D eigenvalue weighted by molar-refractivity contribution is 5.73. The Balaban J connectivity index is 2.34. The first kappa shape index (κ1) is 11.8. The van der Waals surface area contributed by atoms with Gasteiger partial charge in [0, 0.05) is 6.42 Å². The van der Waals surface area contributed by atoms with Gasteiger partial charge in [-0.25, -0.2) is 0 Å². The van der Waals surface area contributed by atoms with Crippen molar-refractivity contribution in [1.29, 1.82) is 0 Å². The van der Waals surface area contributed by atoms with E-state index in [1.807, 2.05) is 6.08 Å². The minimum absolute atomic E-state index is 0.267. The molecule has 0 saturated carbocycles. The zero-order valence-corrected chi connectivity index (χ0v) is 9.45. The van der Waals surface area contributed by atoms with Crippen molar-refractivity contribution in [2.24, 2.45) is 11.7 Å². The Bertz CT molecular complexity index is 292. The van der Waals surface area contributed by atoms with Crippen LogP contribution in [0.15, 0.2) is 23.5 Å². The van der Waals surface area contributed by atoms with Crippen molar-refractivity contribution in [1.82, 2.24) is 0 Å². The van der Waals surface area contributed by atoms with Gasteiger partial charge in [0.2, 0.25) is 5.91 Å². The molecule has 84 valence electrons. The second kappa shape index (κ2) is 5.59. The van der Waals surface area contributed by atoms with Gasteiger partial charge in [-0.05, 0) is 37.3 Å². The van der Waals surface area contributed by atoms with Crippen molar-refractivity contribution in [2.75, 3.05) is 6.61 Å². The predicted octanol–water partition coefficient (Wildman–Crippen LogP) is 2.14. The van der Waals surface area contributed by atoms with Gasteiger partial charge in [0.1, 0.15) is 5.76 Å². The topological polar surface area (TPSA) is 52.3 Å². The van der Waals surface area contributed by atoms with Crippen LogP contribution in [0.1, 0.15) is 33.1 Å². The molecule has 15 heavy (non-hydrogen) atoms. The van der Waals surface area contributed by atoms with E-state index in [2.05, 4.69) is 19.9 Å². The van der Waals surface area contributed by atoms with Gasteiger partial charge >= 0.3 is 0 Å². The van der Waals surface area contributed by atoms with Gasteiger partial charge in [0.15, 0.2) is 0 Å². The molecular formula is C12H19NO2. The van der Waals surface area contributed by atoms with Gasteiger partial charge in [-0.15, -0.1) is 0 Å². The van der Waals surface area contributed by atoms with Crippen molar-refractivity contribution in [3.63, 3.8) is 0 Å². The van der Waals surface area contributed by atoms with Crippen LogP contribution in [0.3, 0.4) is 0 Å². The van der Waals surface area contributed by atoms with Gasteiger partial charge in [-0.3, -0.25) is 4.79 Å². The number of rotatable bonds is 5. The molecule has 3 nitrogen and oxygen atoms in total. The largest absolute Gasteiger partial charge is 0.494 e. The molecule has 0 heterocycles. The lowest BCUT2D eigenvalue weighted by Crippen LogP contribution is -2.12. The lowest BCUT2D eigenvalue weighted by molar-refractivity contribution is -0.118. The van der Waals surface area contributed by atoms with E-state index in [-0.39, 0.29) is 5.91 Å². The number of carbonyl (C=O) groups excluding carboxylic acids is 1. The first-order chi connectivity index (χ1) is 7.11. The van der Waals surface area contributed by atoms with Gasteiger partial charge < -0.3 is 10.5 Å². The highest BCUT2D eigenvalue weighted by Crippen LogP contribution is 2.25. The van der Waals surface area contributed by atoms with E-state index in [0.717, 1.165) is 12.2 Å². The summed E-state index contributed by atoms with van der Waals surface area (Å²) in [7, 11) is 0. The van der Waals surface area contributed by atoms with E-state index in [0.29, 0.717) is 25.4 Å². The molecule has 0 saturated heterocycles. The Morgan fingerprint density at radius 1 is 1.67 bits per heavy atom. The minimum atomic E-state index is -0.267. The molecule has 3 heteroatoms. The van der Waals surface area contributed by atoms with Crippen LogP contribution in [0.5, 0.6) is 0 Å². The molecule has 1 aliphatic rings. The van der Waals surface area contributed by atoms with Crippen molar-refractivity contribution in [3.05, 3.63) is 23.5 Å². The van der Waals surface area contributed by atoms with E-state index >= 15 is 0 Å². The Morgan fingerprint density at radius 3 is 3.07 bits per heavy atom. The molecule has 1 amide bonds. The van der Waals surface area contributed by atoms with Gasteiger partial charge in [0.05, 0.1) is 6.61 Å². The van der Waals surface area contributed by atoms with Gasteiger partial charge in [0.25, 0.3) is 0 Å². The molecule has 1 atom stereocenters. The Morgan fingerprint density at radius 2 is 2.40 bits per heavy atom. The summed E-state index contributed by atoms with van der Waals surface area (Å²) in [6.45, 7) is 4.84. The Labute approximate surface area is 91.0 Å². The summed E-state index contributed by atoms with van der Waals surface area (Å²) in [6.07, 6.45) is 6.31. The monoisotopic (exact) mass is 209 g/mol. The lowest BCUT2D eigenvalue weighted by atomic mass is 9.94. The quantitative estimate of drug-likeness (QED) is 0.705. The number of carbonyl (C=O) groups is 1. The normalized spacial score (nSPS) is 20.5. The molecule has 0 aromatic carbocycles. The average Bonchev–Trinajstić information content (AvgIpc) is 2.18. The fourth-order valence-electron chi connectivity index (χ4n) is 1.52. The van der Waals surface area contributed by atoms with Crippen LogP contribution < -0.4 is 5.73 Å². The number of amides is 1. The first-order valence-electron chi connectivity index (χ1n) is 5.39. The zero-order valence-electron chi connectivity index (χ0n) is 9.45. The third-order valence-electron chi connectivity index (χ3n) is 2.71. The van der Waals surface area contributed by atoms with E-state index < -0.39 is 0 Å². The standard InChI is InChI=1S/C12H19NO2/c1-9-5-3-6-11(10(9)2)15-8-4-7-12(13)14/h3,6,9H,4-5,7-8H2,1-2H3,(H2,13,14)/t9-/m0/s1. The Kier molecular flexibility index (Phi) is 4.40. The van der Waals surface area contributed by atoms with Gasteiger partial charge in [-0.2, -0.15) is 0 Å². The third kappa shape index (κ3) is 3.78. The minimum Gasteiger partial charge on any atom is -0.494 e. The van der Waals surface area contributed by atoms with Crippen LogP contribution in [-0.2, 0) is 9.53 Å². The van der Waals surface area contributed by atoms with E-state index in [9.17, 15) is 4.79 Å². The summed E-state index contributed by atoms with van der Waals surface area (Å²) >= 11 is 0. The van der Waals surface area contributed by atoms with Crippen LogP contribution in [0.2, 0.25) is 0 Å². The van der Waals surface area contributed by atoms with Crippen LogP contribution >= 0.6 is 0 Å². The SMILES string of the molecule is CC1=C(OCCCC(N)=O)C=CC[C@@H]1C. The molecule has 2 N–H and O–H groups in total. The molecular weight excluding hydrogens is 190 g/mol. The summed E-state index contributed by atoms with van der Waals surface area (Å²) < 4.78 is 5.60. The van der Waals surface area contributed by atoms with E-state index in [4.69, 9.17) is 10.5 Å². The van der Waals surface area contributed by atoms with Crippen LogP contribution in [0.4, 0.5) is 0 Å². The van der Waals surface area contributed by atoms with Crippen LogP contribution in [-0.4, -0.2) is 12.5 Å². The maximum absolute atomic E-state index is 10.5. The molecule has 0 bridgehead atoms. The van der Waals surface area contributed by atoms with E-state index in [1.165, 1.54) is 5.57 Å². The Hall–Kier alpha value is -1.25. The number of allylic oxidation sites excluding steroid dienone is 3.